The number of nitrogens with two attached hydrogens (primary N) is 1. The van der Waals surface area contributed by atoms with Crippen molar-refractivity contribution in [2.75, 3.05) is 19.7 Å². The first-order valence-electron chi connectivity index (χ1n) is 7.43. The zero-order valence-corrected chi connectivity index (χ0v) is 12.8. The molecule has 5 nitrogen and oxygen atoms in total. The number of rotatable bonds is 3. The van der Waals surface area contributed by atoms with Crippen LogP contribution in [-0.2, 0) is 0 Å². The number of fused-ring (bicyclic) bond motifs is 1. The maximum atomic E-state index is 12.6. The van der Waals surface area contributed by atoms with Crippen LogP contribution >= 0.6 is 11.6 Å². The van der Waals surface area contributed by atoms with Gasteiger partial charge >= 0.3 is 0 Å². The molecule has 1 aromatic rings. The molecular formula is C15H20ClN3O2. The third kappa shape index (κ3) is 2.72. The van der Waals surface area contributed by atoms with Gasteiger partial charge in [-0.15, -0.1) is 0 Å². The Labute approximate surface area is 129 Å². The van der Waals surface area contributed by atoms with E-state index in [0.717, 1.165) is 25.9 Å². The molecular weight excluding hydrogens is 290 g/mol. The molecule has 21 heavy (non-hydrogen) atoms. The second-order valence-electron chi connectivity index (χ2n) is 5.82. The Hall–Kier alpha value is -1.33. The average molecular weight is 310 g/mol. The number of halogens is 1. The Morgan fingerprint density at radius 1 is 1.52 bits per heavy atom. The predicted octanol–water partition coefficient (Wildman–Crippen LogP) is 1.94. The number of hydrogen-bond donors (Lipinski definition) is 1. The summed E-state index contributed by atoms with van der Waals surface area (Å²) in [6.45, 7) is 3.90. The van der Waals surface area contributed by atoms with E-state index in [1.165, 1.54) is 6.20 Å². The summed E-state index contributed by atoms with van der Waals surface area (Å²) in [5.41, 5.74) is 6.62. The molecule has 1 aromatic heterocycles. The van der Waals surface area contributed by atoms with Crippen LogP contribution in [0.5, 0.6) is 5.88 Å². The quantitative estimate of drug-likeness (QED) is 0.926. The van der Waals surface area contributed by atoms with Crippen molar-refractivity contribution in [3.05, 3.63) is 22.8 Å². The molecule has 1 saturated carbocycles. The van der Waals surface area contributed by atoms with Gasteiger partial charge in [0.1, 0.15) is 5.02 Å². The van der Waals surface area contributed by atoms with E-state index in [9.17, 15) is 4.79 Å². The Morgan fingerprint density at radius 3 is 3.00 bits per heavy atom. The molecule has 1 amide bonds. The topological polar surface area (TPSA) is 68.5 Å². The van der Waals surface area contributed by atoms with E-state index in [2.05, 4.69) is 4.98 Å². The lowest BCUT2D eigenvalue weighted by atomic mass is 9.98. The van der Waals surface area contributed by atoms with Crippen molar-refractivity contribution in [3.63, 3.8) is 0 Å². The summed E-state index contributed by atoms with van der Waals surface area (Å²) in [6, 6.07) is 1.87. The van der Waals surface area contributed by atoms with Crippen LogP contribution in [0.3, 0.4) is 0 Å². The van der Waals surface area contributed by atoms with Gasteiger partial charge in [-0.3, -0.25) is 4.79 Å². The molecule has 3 atom stereocenters. The van der Waals surface area contributed by atoms with E-state index in [1.54, 1.807) is 6.07 Å². The lowest BCUT2D eigenvalue weighted by Crippen LogP contribution is -2.33. The fourth-order valence-corrected chi connectivity index (χ4v) is 3.66. The van der Waals surface area contributed by atoms with Crippen molar-refractivity contribution < 1.29 is 9.53 Å². The van der Waals surface area contributed by atoms with Gasteiger partial charge in [-0.25, -0.2) is 4.98 Å². The van der Waals surface area contributed by atoms with Gasteiger partial charge in [-0.2, -0.15) is 0 Å². The number of carbonyl (C=O) groups excluding carboxylic acids is 1. The average Bonchev–Trinajstić information content (AvgIpc) is 3.03. The van der Waals surface area contributed by atoms with E-state index in [0.29, 0.717) is 34.9 Å². The third-order valence-corrected chi connectivity index (χ3v) is 4.81. The Balaban J connectivity index is 1.73. The van der Waals surface area contributed by atoms with Crippen LogP contribution in [0.25, 0.3) is 0 Å². The summed E-state index contributed by atoms with van der Waals surface area (Å²) in [4.78, 5) is 18.6. The van der Waals surface area contributed by atoms with Gasteiger partial charge in [-0.1, -0.05) is 11.6 Å². The number of nitrogens with zero attached hydrogens (tertiary/aromatic N) is 2. The SMILES string of the molecule is CCOc1ncc(C(=O)N2CC3CCC(N)C3C2)cc1Cl. The first kappa shape index (κ1) is 14.6. The molecule has 3 unspecified atom stereocenters. The molecule has 2 fully saturated rings. The molecule has 2 aliphatic rings. The van der Waals surface area contributed by atoms with Crippen molar-refractivity contribution in [3.8, 4) is 5.88 Å². The van der Waals surface area contributed by atoms with Crippen molar-refractivity contribution >= 4 is 17.5 Å². The number of ether oxygens (including phenoxy) is 1. The van der Waals surface area contributed by atoms with Gasteiger partial charge in [-0.05, 0) is 37.7 Å². The summed E-state index contributed by atoms with van der Waals surface area (Å²) < 4.78 is 5.29. The minimum absolute atomic E-state index is 0.0194. The van der Waals surface area contributed by atoms with Crippen LogP contribution < -0.4 is 10.5 Å². The number of hydrogen-bond acceptors (Lipinski definition) is 4. The lowest BCUT2D eigenvalue weighted by Gasteiger charge is -2.19. The molecule has 1 saturated heterocycles. The highest BCUT2D eigenvalue weighted by atomic mass is 35.5. The van der Waals surface area contributed by atoms with Gasteiger partial charge in [0, 0.05) is 25.3 Å². The molecule has 0 bridgehead atoms. The minimum atomic E-state index is -0.0194. The van der Waals surface area contributed by atoms with Gasteiger partial charge in [0.2, 0.25) is 5.88 Å². The third-order valence-electron chi connectivity index (χ3n) is 4.53. The van der Waals surface area contributed by atoms with Crippen LogP contribution in [0.15, 0.2) is 12.3 Å². The van der Waals surface area contributed by atoms with Crippen molar-refractivity contribution in [1.82, 2.24) is 9.88 Å². The number of aromatic nitrogens is 1. The molecule has 3 rings (SSSR count). The molecule has 6 heteroatoms. The van der Waals surface area contributed by atoms with E-state index < -0.39 is 0 Å². The van der Waals surface area contributed by atoms with Crippen LogP contribution in [0.1, 0.15) is 30.1 Å². The summed E-state index contributed by atoms with van der Waals surface area (Å²) >= 11 is 6.10. The number of likely N-dealkylation sites (tertiary alicyclic amines) is 1. The molecule has 0 aromatic carbocycles. The van der Waals surface area contributed by atoms with E-state index >= 15 is 0 Å². The largest absolute Gasteiger partial charge is 0.477 e. The maximum absolute atomic E-state index is 12.6. The molecule has 0 radical (unpaired) electrons. The summed E-state index contributed by atoms with van der Waals surface area (Å²) in [7, 11) is 0. The molecule has 1 aliphatic heterocycles. The number of amides is 1. The summed E-state index contributed by atoms with van der Waals surface area (Å²) in [5.74, 6) is 1.35. The number of carbonyl (C=O) groups is 1. The van der Waals surface area contributed by atoms with E-state index in [1.807, 2.05) is 11.8 Å². The standard InChI is InChI=1S/C15H20ClN3O2/c1-2-21-14-12(16)5-10(6-18-14)15(20)19-7-9-3-4-13(17)11(9)8-19/h5-6,9,11,13H,2-4,7-8,17H2,1H3. The highest BCUT2D eigenvalue weighted by molar-refractivity contribution is 6.32. The summed E-state index contributed by atoms with van der Waals surface area (Å²) in [5, 5.41) is 0.374. The van der Waals surface area contributed by atoms with Crippen LogP contribution in [0.2, 0.25) is 5.02 Å². The highest BCUT2D eigenvalue weighted by Crippen LogP contribution is 2.37. The van der Waals surface area contributed by atoms with E-state index in [4.69, 9.17) is 22.1 Å². The zero-order valence-electron chi connectivity index (χ0n) is 12.1. The van der Waals surface area contributed by atoms with Crippen LogP contribution in [0, 0.1) is 11.8 Å². The van der Waals surface area contributed by atoms with Gasteiger partial charge in [0.25, 0.3) is 5.91 Å². The number of pyridine rings is 1. The first-order valence-corrected chi connectivity index (χ1v) is 7.81. The Bertz CT molecular complexity index is 552. The Morgan fingerprint density at radius 2 is 2.33 bits per heavy atom. The molecule has 2 heterocycles. The van der Waals surface area contributed by atoms with Gasteiger partial charge < -0.3 is 15.4 Å². The monoisotopic (exact) mass is 309 g/mol. The minimum Gasteiger partial charge on any atom is -0.477 e. The zero-order chi connectivity index (χ0) is 15.0. The van der Waals surface area contributed by atoms with Crippen LogP contribution in [0.4, 0.5) is 0 Å². The fraction of sp³-hybridized carbons (Fsp3) is 0.600. The normalized spacial score (nSPS) is 27.8. The van der Waals surface area contributed by atoms with Crippen molar-refractivity contribution in [1.29, 1.82) is 0 Å². The molecule has 0 spiro atoms. The maximum Gasteiger partial charge on any atom is 0.255 e. The Kier molecular flexibility index (Phi) is 4.04. The van der Waals surface area contributed by atoms with Crippen LogP contribution in [-0.4, -0.2) is 41.5 Å². The predicted molar refractivity (Wildman–Crippen MR) is 80.5 cm³/mol. The first-order chi connectivity index (χ1) is 10.1. The molecule has 1 aliphatic carbocycles. The second-order valence-corrected chi connectivity index (χ2v) is 6.23. The molecule has 2 N–H and O–H groups in total. The highest BCUT2D eigenvalue weighted by Gasteiger charge is 2.42. The molecule has 114 valence electrons. The van der Waals surface area contributed by atoms with Gasteiger partial charge in [0.15, 0.2) is 0 Å². The fourth-order valence-electron chi connectivity index (χ4n) is 3.44. The lowest BCUT2D eigenvalue weighted by molar-refractivity contribution is 0.0779. The van der Waals surface area contributed by atoms with E-state index in [-0.39, 0.29) is 11.9 Å². The summed E-state index contributed by atoms with van der Waals surface area (Å²) in [6.07, 6.45) is 3.74. The van der Waals surface area contributed by atoms with Crippen molar-refractivity contribution in [2.24, 2.45) is 17.6 Å². The smallest absolute Gasteiger partial charge is 0.255 e. The van der Waals surface area contributed by atoms with Crippen molar-refractivity contribution in [2.45, 2.75) is 25.8 Å². The second kappa shape index (κ2) is 5.81. The van der Waals surface area contributed by atoms with Gasteiger partial charge in [0.05, 0.1) is 12.2 Å².